The summed E-state index contributed by atoms with van der Waals surface area (Å²) in [6, 6.07) is 0.395. The summed E-state index contributed by atoms with van der Waals surface area (Å²) in [5.41, 5.74) is -0.365. The van der Waals surface area contributed by atoms with Gasteiger partial charge in [-0.15, -0.1) is 0 Å². The van der Waals surface area contributed by atoms with Crippen LogP contribution in [0.1, 0.15) is 78.6 Å². The van der Waals surface area contributed by atoms with Crippen LogP contribution in [0, 0.1) is 11.3 Å². The fourth-order valence-corrected chi connectivity index (χ4v) is 4.13. The maximum Gasteiger partial charge on any atom is 0.227 e. The highest BCUT2D eigenvalue weighted by Crippen LogP contribution is 2.27. The van der Waals surface area contributed by atoms with Gasteiger partial charge >= 0.3 is 0 Å². The van der Waals surface area contributed by atoms with Gasteiger partial charge < -0.3 is 9.80 Å². The van der Waals surface area contributed by atoms with Crippen molar-refractivity contribution < 1.29 is 9.59 Å². The number of piperidine rings is 1. The van der Waals surface area contributed by atoms with Crippen molar-refractivity contribution in [3.8, 4) is 0 Å². The minimum Gasteiger partial charge on any atom is -0.342 e. The predicted octanol–water partition coefficient (Wildman–Crippen LogP) is 3.84. The van der Waals surface area contributed by atoms with Crippen LogP contribution in [0.3, 0.4) is 0 Å². The van der Waals surface area contributed by atoms with Gasteiger partial charge in [0.05, 0.1) is 5.92 Å². The summed E-state index contributed by atoms with van der Waals surface area (Å²) >= 11 is 0. The molecule has 1 saturated carbocycles. The molecule has 24 heavy (non-hydrogen) atoms. The molecular weight excluding hydrogens is 300 g/mol. The molecule has 4 heteroatoms. The number of nitrogens with zero attached hydrogens (tertiary/aromatic N) is 2. The summed E-state index contributed by atoms with van der Waals surface area (Å²) in [5.74, 6) is 0.418. The molecule has 1 saturated heterocycles. The third-order valence-electron chi connectivity index (χ3n) is 5.67. The Morgan fingerprint density at radius 3 is 2.08 bits per heavy atom. The topological polar surface area (TPSA) is 40.6 Å². The summed E-state index contributed by atoms with van der Waals surface area (Å²) in [5, 5.41) is 0. The van der Waals surface area contributed by atoms with E-state index >= 15 is 0 Å². The first-order chi connectivity index (χ1) is 11.3. The van der Waals surface area contributed by atoms with E-state index in [1.54, 1.807) is 0 Å². The third kappa shape index (κ3) is 4.97. The van der Waals surface area contributed by atoms with Gasteiger partial charge in [0, 0.05) is 31.6 Å². The van der Waals surface area contributed by atoms with E-state index in [1.807, 2.05) is 37.6 Å². The van der Waals surface area contributed by atoms with Crippen molar-refractivity contribution in [1.29, 1.82) is 0 Å². The number of rotatable bonds is 2. The molecule has 0 N–H and O–H groups in total. The Hall–Kier alpha value is -1.06. The summed E-state index contributed by atoms with van der Waals surface area (Å²) in [6.07, 6.45) is 10.6. The smallest absolute Gasteiger partial charge is 0.227 e. The highest BCUT2D eigenvalue weighted by atomic mass is 16.2. The van der Waals surface area contributed by atoms with Crippen molar-refractivity contribution in [3.63, 3.8) is 0 Å². The van der Waals surface area contributed by atoms with Gasteiger partial charge in [-0.05, 0) is 25.7 Å². The molecule has 0 radical (unpaired) electrons. The lowest BCUT2D eigenvalue weighted by Gasteiger charge is -2.39. The molecular formula is C20H36N2O2. The summed E-state index contributed by atoms with van der Waals surface area (Å²) in [7, 11) is 1.99. The Morgan fingerprint density at radius 2 is 1.50 bits per heavy atom. The molecule has 0 bridgehead atoms. The van der Waals surface area contributed by atoms with Gasteiger partial charge in [-0.2, -0.15) is 0 Å². The van der Waals surface area contributed by atoms with E-state index in [0.29, 0.717) is 12.6 Å². The van der Waals surface area contributed by atoms with E-state index < -0.39 is 0 Å². The molecule has 138 valence electrons. The maximum absolute atomic E-state index is 13.0. The van der Waals surface area contributed by atoms with Crippen LogP contribution in [-0.2, 0) is 9.59 Å². The quantitative estimate of drug-likeness (QED) is 0.768. The van der Waals surface area contributed by atoms with Crippen LogP contribution in [0.4, 0.5) is 0 Å². The van der Waals surface area contributed by atoms with Crippen molar-refractivity contribution in [2.45, 2.75) is 84.6 Å². The minimum absolute atomic E-state index is 0.0134. The molecule has 0 unspecified atom stereocenters. The molecule has 1 atom stereocenters. The summed E-state index contributed by atoms with van der Waals surface area (Å²) < 4.78 is 0. The molecule has 1 aliphatic heterocycles. The lowest BCUT2D eigenvalue weighted by molar-refractivity contribution is -0.145. The van der Waals surface area contributed by atoms with Crippen LogP contribution in [0.5, 0.6) is 0 Å². The zero-order valence-corrected chi connectivity index (χ0v) is 16.1. The molecule has 4 nitrogen and oxygen atoms in total. The van der Waals surface area contributed by atoms with Gasteiger partial charge in [-0.3, -0.25) is 9.59 Å². The maximum atomic E-state index is 13.0. The Kier molecular flexibility index (Phi) is 6.70. The fraction of sp³-hybridized carbons (Fsp3) is 0.900. The molecule has 2 aliphatic rings. The molecule has 0 aromatic heterocycles. The van der Waals surface area contributed by atoms with Crippen molar-refractivity contribution >= 4 is 11.8 Å². The molecule has 2 amide bonds. The van der Waals surface area contributed by atoms with Crippen LogP contribution >= 0.6 is 0 Å². The van der Waals surface area contributed by atoms with Crippen LogP contribution in [-0.4, -0.2) is 47.8 Å². The highest BCUT2D eigenvalue weighted by Gasteiger charge is 2.35. The van der Waals surface area contributed by atoms with E-state index in [2.05, 4.69) is 0 Å². The van der Waals surface area contributed by atoms with E-state index in [-0.39, 0.29) is 23.1 Å². The van der Waals surface area contributed by atoms with Crippen LogP contribution in [0.2, 0.25) is 0 Å². The Labute approximate surface area is 148 Å². The lowest BCUT2D eigenvalue weighted by Crippen LogP contribution is -2.50. The van der Waals surface area contributed by atoms with E-state index in [9.17, 15) is 9.59 Å². The molecule has 0 aromatic carbocycles. The number of amides is 2. The first kappa shape index (κ1) is 19.3. The second-order valence-electron chi connectivity index (χ2n) is 8.79. The SMILES string of the molecule is CN(C(=O)[C@H]1CCCN(C(=O)C(C)(C)C)C1)C1CCCCCCC1. The number of carbonyl (C=O) groups is 2. The Balaban J connectivity index is 1.96. The summed E-state index contributed by atoms with van der Waals surface area (Å²) in [4.78, 5) is 29.5. The van der Waals surface area contributed by atoms with Gasteiger partial charge in [-0.25, -0.2) is 0 Å². The second-order valence-corrected chi connectivity index (χ2v) is 8.79. The first-order valence-electron chi connectivity index (χ1n) is 9.86. The zero-order valence-electron chi connectivity index (χ0n) is 16.1. The van der Waals surface area contributed by atoms with Gasteiger partial charge in [0.2, 0.25) is 11.8 Å². The van der Waals surface area contributed by atoms with Crippen LogP contribution in [0.25, 0.3) is 0 Å². The number of likely N-dealkylation sites (tertiary alicyclic amines) is 1. The van der Waals surface area contributed by atoms with Crippen molar-refractivity contribution in [1.82, 2.24) is 9.80 Å². The van der Waals surface area contributed by atoms with Gasteiger partial charge in [0.15, 0.2) is 0 Å². The molecule has 0 aromatic rings. The molecule has 2 rings (SSSR count). The zero-order chi connectivity index (χ0) is 17.7. The molecule has 0 spiro atoms. The second kappa shape index (κ2) is 8.35. The van der Waals surface area contributed by atoms with E-state index in [1.165, 1.54) is 32.1 Å². The molecule has 1 aliphatic carbocycles. The van der Waals surface area contributed by atoms with Crippen molar-refractivity contribution in [3.05, 3.63) is 0 Å². The Bertz CT molecular complexity index is 433. The lowest BCUT2D eigenvalue weighted by atomic mass is 9.90. The predicted molar refractivity (Wildman–Crippen MR) is 97.6 cm³/mol. The Morgan fingerprint density at radius 1 is 0.917 bits per heavy atom. The summed E-state index contributed by atoms with van der Waals surface area (Å²) in [6.45, 7) is 7.28. The average Bonchev–Trinajstić information content (AvgIpc) is 2.52. The third-order valence-corrected chi connectivity index (χ3v) is 5.67. The first-order valence-corrected chi connectivity index (χ1v) is 9.86. The highest BCUT2D eigenvalue weighted by molar-refractivity contribution is 5.84. The largest absolute Gasteiger partial charge is 0.342 e. The standard InChI is InChI=1S/C20H36N2O2/c1-20(2,3)19(24)22-14-10-11-16(15-22)18(23)21(4)17-12-8-6-5-7-9-13-17/h16-17H,5-15H2,1-4H3/t16-/m0/s1. The normalized spacial score (nSPS) is 24.2. The van der Waals surface area contributed by atoms with Crippen LogP contribution in [0.15, 0.2) is 0 Å². The van der Waals surface area contributed by atoms with Crippen molar-refractivity contribution in [2.75, 3.05) is 20.1 Å². The van der Waals surface area contributed by atoms with Crippen LogP contribution < -0.4 is 0 Å². The number of hydrogen-bond donors (Lipinski definition) is 0. The molecule has 1 heterocycles. The van der Waals surface area contributed by atoms with Gasteiger partial charge in [0.25, 0.3) is 0 Å². The average molecular weight is 337 g/mol. The monoisotopic (exact) mass is 336 g/mol. The fourth-order valence-electron chi connectivity index (χ4n) is 4.13. The minimum atomic E-state index is -0.365. The number of carbonyl (C=O) groups excluding carboxylic acids is 2. The van der Waals surface area contributed by atoms with Gasteiger partial charge in [-0.1, -0.05) is 52.9 Å². The molecule has 2 fully saturated rings. The van der Waals surface area contributed by atoms with E-state index in [4.69, 9.17) is 0 Å². The van der Waals surface area contributed by atoms with Gasteiger partial charge in [0.1, 0.15) is 0 Å². The van der Waals surface area contributed by atoms with Crippen molar-refractivity contribution in [2.24, 2.45) is 11.3 Å². The van der Waals surface area contributed by atoms with E-state index in [0.717, 1.165) is 32.2 Å². The number of hydrogen-bond acceptors (Lipinski definition) is 2.